The Morgan fingerprint density at radius 1 is 1.00 bits per heavy atom. The van der Waals surface area contributed by atoms with E-state index in [4.69, 9.17) is 9.47 Å². The lowest BCUT2D eigenvalue weighted by atomic mass is 10.1. The highest BCUT2D eigenvalue weighted by Gasteiger charge is 2.40. The minimum Gasteiger partial charge on any atom is -0.497 e. The molecule has 1 atom stereocenters. The van der Waals surface area contributed by atoms with Gasteiger partial charge in [-0.25, -0.2) is 4.90 Å². The molecule has 0 spiro atoms. The number of rotatable bonds is 5. The van der Waals surface area contributed by atoms with Crippen LogP contribution in [-0.2, 0) is 9.59 Å². The van der Waals surface area contributed by atoms with E-state index in [1.165, 1.54) is 12.0 Å². The summed E-state index contributed by atoms with van der Waals surface area (Å²) in [7, 11) is 3.04. The van der Waals surface area contributed by atoms with E-state index in [0.717, 1.165) is 16.8 Å². The van der Waals surface area contributed by atoms with Gasteiger partial charge in [-0.2, -0.15) is 0 Å². The summed E-state index contributed by atoms with van der Waals surface area (Å²) in [5.74, 6) is 0.450. The molecule has 2 aromatic carbocycles. The number of nitrogens with one attached hydrogen (secondary N) is 1. The van der Waals surface area contributed by atoms with E-state index in [-0.39, 0.29) is 18.2 Å². The van der Waals surface area contributed by atoms with E-state index in [1.807, 2.05) is 26.0 Å². The van der Waals surface area contributed by atoms with Crippen molar-refractivity contribution in [3.63, 3.8) is 0 Å². The van der Waals surface area contributed by atoms with Crippen LogP contribution in [0, 0.1) is 13.8 Å². The summed E-state index contributed by atoms with van der Waals surface area (Å²) in [6.45, 7) is 3.99. The zero-order chi connectivity index (χ0) is 18.8. The van der Waals surface area contributed by atoms with Gasteiger partial charge in [-0.15, -0.1) is 0 Å². The smallest absolute Gasteiger partial charge is 0.256 e. The normalized spacial score (nSPS) is 16.8. The first-order valence-corrected chi connectivity index (χ1v) is 8.36. The third-order valence-electron chi connectivity index (χ3n) is 4.34. The van der Waals surface area contributed by atoms with Gasteiger partial charge in [0.25, 0.3) is 5.91 Å². The van der Waals surface area contributed by atoms with Gasteiger partial charge in [0, 0.05) is 11.8 Å². The van der Waals surface area contributed by atoms with E-state index < -0.39 is 6.04 Å². The fourth-order valence-electron chi connectivity index (χ4n) is 3.23. The topological polar surface area (TPSA) is 67.9 Å². The van der Waals surface area contributed by atoms with Crippen molar-refractivity contribution in [2.45, 2.75) is 26.3 Å². The lowest BCUT2D eigenvalue weighted by Gasteiger charge is -2.19. The van der Waals surface area contributed by atoms with Crippen LogP contribution in [-0.4, -0.2) is 32.1 Å². The third kappa shape index (κ3) is 3.35. The van der Waals surface area contributed by atoms with Crippen LogP contribution in [0.4, 0.5) is 11.4 Å². The molecule has 26 heavy (non-hydrogen) atoms. The molecule has 1 saturated heterocycles. The molecule has 1 unspecified atom stereocenters. The van der Waals surface area contributed by atoms with Crippen molar-refractivity contribution >= 4 is 23.2 Å². The van der Waals surface area contributed by atoms with Gasteiger partial charge < -0.3 is 14.8 Å². The number of hydrogen-bond acceptors (Lipinski definition) is 5. The average Bonchev–Trinajstić information content (AvgIpc) is 2.87. The largest absolute Gasteiger partial charge is 0.497 e. The molecule has 136 valence electrons. The van der Waals surface area contributed by atoms with Gasteiger partial charge in [-0.1, -0.05) is 6.07 Å². The van der Waals surface area contributed by atoms with E-state index >= 15 is 0 Å². The number of imide groups is 1. The van der Waals surface area contributed by atoms with Crippen LogP contribution in [0.25, 0.3) is 0 Å². The zero-order valence-corrected chi connectivity index (χ0v) is 15.3. The van der Waals surface area contributed by atoms with E-state index in [9.17, 15) is 9.59 Å². The predicted molar refractivity (Wildman–Crippen MR) is 100.0 cm³/mol. The number of methoxy groups -OCH3 is 2. The highest BCUT2D eigenvalue weighted by Crippen LogP contribution is 2.35. The van der Waals surface area contributed by atoms with Crippen LogP contribution in [0.15, 0.2) is 36.4 Å². The van der Waals surface area contributed by atoms with Crippen LogP contribution >= 0.6 is 0 Å². The number of nitrogens with zero attached hydrogens (tertiary/aromatic N) is 1. The van der Waals surface area contributed by atoms with E-state index in [1.54, 1.807) is 25.3 Å². The van der Waals surface area contributed by atoms with Gasteiger partial charge in [0.05, 0.1) is 26.3 Å². The van der Waals surface area contributed by atoms with Gasteiger partial charge >= 0.3 is 0 Å². The Labute approximate surface area is 152 Å². The molecule has 1 aliphatic rings. The second-order valence-electron chi connectivity index (χ2n) is 6.38. The number of benzene rings is 2. The molecule has 0 aliphatic carbocycles. The Kier molecular flexibility index (Phi) is 4.84. The van der Waals surface area contributed by atoms with E-state index in [0.29, 0.717) is 17.2 Å². The molecule has 1 fully saturated rings. The second-order valence-corrected chi connectivity index (χ2v) is 6.38. The number of anilines is 2. The van der Waals surface area contributed by atoms with E-state index in [2.05, 4.69) is 11.4 Å². The molecule has 0 aromatic heterocycles. The summed E-state index contributed by atoms with van der Waals surface area (Å²) in [6, 6.07) is 10.4. The van der Waals surface area contributed by atoms with Crippen LogP contribution in [0.5, 0.6) is 11.5 Å². The number of amides is 2. The summed E-state index contributed by atoms with van der Waals surface area (Å²) in [5.41, 5.74) is 3.45. The molecular formula is C20H22N2O4. The minimum absolute atomic E-state index is 0.0982. The van der Waals surface area contributed by atoms with Crippen molar-refractivity contribution in [3.05, 3.63) is 47.5 Å². The highest BCUT2D eigenvalue weighted by atomic mass is 16.5. The van der Waals surface area contributed by atoms with Crippen LogP contribution in [0.1, 0.15) is 17.5 Å². The molecule has 2 amide bonds. The van der Waals surface area contributed by atoms with Crippen molar-refractivity contribution in [2.75, 3.05) is 24.4 Å². The maximum atomic E-state index is 12.9. The second kappa shape index (κ2) is 7.07. The molecule has 0 bridgehead atoms. The Morgan fingerprint density at radius 2 is 1.69 bits per heavy atom. The maximum Gasteiger partial charge on any atom is 0.256 e. The summed E-state index contributed by atoms with van der Waals surface area (Å²) in [4.78, 5) is 26.6. The highest BCUT2D eigenvalue weighted by molar-refractivity contribution is 6.23. The first-order valence-electron chi connectivity index (χ1n) is 8.36. The molecule has 0 radical (unpaired) electrons. The Hall–Kier alpha value is -3.02. The van der Waals surface area contributed by atoms with Crippen LogP contribution in [0.2, 0.25) is 0 Å². The Morgan fingerprint density at radius 3 is 2.31 bits per heavy atom. The quantitative estimate of drug-likeness (QED) is 0.836. The van der Waals surface area contributed by atoms with Crippen molar-refractivity contribution in [2.24, 2.45) is 0 Å². The monoisotopic (exact) mass is 354 g/mol. The van der Waals surface area contributed by atoms with Crippen molar-refractivity contribution in [1.29, 1.82) is 0 Å². The summed E-state index contributed by atoms with van der Waals surface area (Å²) >= 11 is 0. The van der Waals surface area contributed by atoms with Crippen molar-refractivity contribution in [3.8, 4) is 11.5 Å². The SMILES string of the molecule is COc1ccc(N2C(=O)CC(Nc3cc(C)cc(C)c3)C2=O)c(OC)c1. The number of carbonyl (C=O) groups excluding carboxylic acids is 2. The lowest BCUT2D eigenvalue weighted by Crippen LogP contribution is -2.35. The average molecular weight is 354 g/mol. The van der Waals surface area contributed by atoms with Crippen LogP contribution < -0.4 is 19.7 Å². The molecule has 2 aromatic rings. The molecule has 1 N–H and O–H groups in total. The Bertz CT molecular complexity index is 843. The standard InChI is InChI=1S/C20H22N2O4/c1-12-7-13(2)9-14(8-12)21-16-11-19(23)22(20(16)24)17-6-5-15(25-3)10-18(17)26-4/h5-10,16,21H,11H2,1-4H3. The summed E-state index contributed by atoms with van der Waals surface area (Å²) < 4.78 is 10.5. The lowest BCUT2D eigenvalue weighted by molar-refractivity contribution is -0.121. The molecule has 3 rings (SSSR count). The molecular weight excluding hydrogens is 332 g/mol. The third-order valence-corrected chi connectivity index (χ3v) is 4.34. The molecule has 6 nitrogen and oxygen atoms in total. The molecule has 6 heteroatoms. The fourth-order valence-corrected chi connectivity index (χ4v) is 3.23. The number of hydrogen-bond donors (Lipinski definition) is 1. The number of carbonyl (C=O) groups is 2. The summed E-state index contributed by atoms with van der Waals surface area (Å²) in [5, 5.41) is 3.18. The number of ether oxygens (including phenoxy) is 2. The first kappa shape index (κ1) is 17.8. The maximum absolute atomic E-state index is 12.9. The minimum atomic E-state index is -0.601. The molecule has 1 heterocycles. The van der Waals surface area contributed by atoms with Crippen LogP contribution in [0.3, 0.4) is 0 Å². The first-order chi connectivity index (χ1) is 12.4. The van der Waals surface area contributed by atoms with Gasteiger partial charge in [-0.3, -0.25) is 9.59 Å². The Balaban J connectivity index is 1.87. The zero-order valence-electron chi connectivity index (χ0n) is 15.3. The van der Waals surface area contributed by atoms with Gasteiger partial charge in [0.15, 0.2) is 0 Å². The van der Waals surface area contributed by atoms with Gasteiger partial charge in [0.1, 0.15) is 17.5 Å². The van der Waals surface area contributed by atoms with Crippen molar-refractivity contribution in [1.82, 2.24) is 0 Å². The fraction of sp³-hybridized carbons (Fsp3) is 0.300. The number of aryl methyl sites for hydroxylation is 2. The van der Waals surface area contributed by atoms with Gasteiger partial charge in [0.2, 0.25) is 5.91 Å². The molecule has 1 aliphatic heterocycles. The van der Waals surface area contributed by atoms with Gasteiger partial charge in [-0.05, 0) is 49.2 Å². The predicted octanol–water partition coefficient (Wildman–Crippen LogP) is 3.06. The molecule has 0 saturated carbocycles. The summed E-state index contributed by atoms with van der Waals surface area (Å²) in [6.07, 6.45) is 0.0982. The van der Waals surface area contributed by atoms with Crippen molar-refractivity contribution < 1.29 is 19.1 Å².